The van der Waals surface area contributed by atoms with Crippen molar-refractivity contribution in [1.82, 2.24) is 14.5 Å². The maximum Gasteiger partial charge on any atom is 0.243 e. The molecule has 2 fully saturated rings. The van der Waals surface area contributed by atoms with E-state index < -0.39 is 10.0 Å². The van der Waals surface area contributed by atoms with Crippen LogP contribution in [0.3, 0.4) is 0 Å². The SMILES string of the molecule is COc1ccc(S(=O)(=O)N2CCC(N3CCNCC3)C2)cc1OC. The highest BCUT2D eigenvalue weighted by molar-refractivity contribution is 7.89. The fourth-order valence-electron chi connectivity index (χ4n) is 3.40. The Morgan fingerprint density at radius 1 is 1.08 bits per heavy atom. The van der Waals surface area contributed by atoms with Gasteiger partial charge < -0.3 is 14.8 Å². The van der Waals surface area contributed by atoms with Crippen LogP contribution in [0.2, 0.25) is 0 Å². The van der Waals surface area contributed by atoms with Gasteiger partial charge in [-0.05, 0) is 18.6 Å². The maximum atomic E-state index is 12.9. The van der Waals surface area contributed by atoms with Crippen LogP contribution in [0.5, 0.6) is 11.5 Å². The summed E-state index contributed by atoms with van der Waals surface area (Å²) in [7, 11) is -0.476. The lowest BCUT2D eigenvalue weighted by molar-refractivity contribution is 0.179. The van der Waals surface area contributed by atoms with E-state index in [9.17, 15) is 8.42 Å². The molecule has 2 heterocycles. The van der Waals surface area contributed by atoms with Gasteiger partial charge in [0.2, 0.25) is 10.0 Å². The molecule has 0 saturated carbocycles. The molecule has 24 heavy (non-hydrogen) atoms. The van der Waals surface area contributed by atoms with Gasteiger partial charge in [-0.25, -0.2) is 8.42 Å². The van der Waals surface area contributed by atoms with Gasteiger partial charge in [-0.15, -0.1) is 0 Å². The molecule has 1 atom stereocenters. The fourth-order valence-corrected chi connectivity index (χ4v) is 4.91. The Kier molecular flexibility index (Phi) is 5.29. The summed E-state index contributed by atoms with van der Waals surface area (Å²) in [5.74, 6) is 0.952. The molecule has 7 nitrogen and oxygen atoms in total. The van der Waals surface area contributed by atoms with Crippen LogP contribution in [0.4, 0.5) is 0 Å². The molecular formula is C16H25N3O4S. The summed E-state index contributed by atoms with van der Waals surface area (Å²) < 4.78 is 37.9. The quantitative estimate of drug-likeness (QED) is 0.823. The summed E-state index contributed by atoms with van der Waals surface area (Å²) in [6.07, 6.45) is 0.881. The number of piperazine rings is 1. The molecule has 2 aliphatic heterocycles. The molecule has 0 bridgehead atoms. The maximum absolute atomic E-state index is 12.9. The van der Waals surface area contributed by atoms with Gasteiger partial charge >= 0.3 is 0 Å². The lowest BCUT2D eigenvalue weighted by atomic mass is 10.2. The van der Waals surface area contributed by atoms with Crippen LogP contribution in [-0.4, -0.2) is 77.2 Å². The van der Waals surface area contributed by atoms with E-state index in [0.717, 1.165) is 32.6 Å². The highest BCUT2D eigenvalue weighted by Gasteiger charge is 2.35. The molecule has 3 rings (SSSR count). The number of rotatable bonds is 5. The van der Waals surface area contributed by atoms with Crippen LogP contribution in [0.1, 0.15) is 6.42 Å². The van der Waals surface area contributed by atoms with Crippen molar-refractivity contribution in [3.05, 3.63) is 18.2 Å². The molecule has 1 aromatic rings. The Labute approximate surface area is 143 Å². The van der Waals surface area contributed by atoms with Crippen molar-refractivity contribution >= 4 is 10.0 Å². The second-order valence-electron chi connectivity index (χ2n) is 6.11. The summed E-state index contributed by atoms with van der Waals surface area (Å²) in [4.78, 5) is 2.64. The second-order valence-corrected chi connectivity index (χ2v) is 8.05. The van der Waals surface area contributed by atoms with Crippen LogP contribution >= 0.6 is 0 Å². The second kappa shape index (κ2) is 7.26. The predicted octanol–water partition coefficient (Wildman–Crippen LogP) is 0.372. The average Bonchev–Trinajstić information content (AvgIpc) is 3.12. The van der Waals surface area contributed by atoms with Crippen molar-refractivity contribution in [2.45, 2.75) is 17.4 Å². The van der Waals surface area contributed by atoms with Crippen LogP contribution in [0, 0.1) is 0 Å². The molecule has 0 aromatic heterocycles. The minimum Gasteiger partial charge on any atom is -0.493 e. The van der Waals surface area contributed by atoms with Crippen LogP contribution in [0.25, 0.3) is 0 Å². The first-order valence-electron chi connectivity index (χ1n) is 8.23. The lowest BCUT2D eigenvalue weighted by Crippen LogP contribution is -2.49. The third-order valence-corrected chi connectivity index (χ3v) is 6.65. The first kappa shape index (κ1) is 17.5. The molecule has 0 radical (unpaired) electrons. The van der Waals surface area contributed by atoms with Gasteiger partial charge in [-0.2, -0.15) is 4.31 Å². The molecule has 134 valence electrons. The minimum absolute atomic E-state index is 0.251. The largest absolute Gasteiger partial charge is 0.493 e. The first-order valence-corrected chi connectivity index (χ1v) is 9.67. The van der Waals surface area contributed by atoms with E-state index in [0.29, 0.717) is 30.6 Å². The van der Waals surface area contributed by atoms with Crippen LogP contribution < -0.4 is 14.8 Å². The summed E-state index contributed by atoms with van der Waals surface area (Å²) in [6, 6.07) is 5.05. The molecule has 2 aliphatic rings. The Hall–Kier alpha value is -1.35. The molecule has 0 spiro atoms. The van der Waals surface area contributed by atoms with Crippen molar-refractivity contribution in [3.8, 4) is 11.5 Å². The van der Waals surface area contributed by atoms with Gasteiger partial charge in [0.25, 0.3) is 0 Å². The Bertz CT molecular complexity index is 674. The highest BCUT2D eigenvalue weighted by atomic mass is 32.2. The number of hydrogen-bond acceptors (Lipinski definition) is 6. The van der Waals surface area contributed by atoms with Gasteiger partial charge in [-0.1, -0.05) is 0 Å². The number of hydrogen-bond donors (Lipinski definition) is 1. The molecular weight excluding hydrogens is 330 g/mol. The van der Waals surface area contributed by atoms with E-state index in [1.54, 1.807) is 16.4 Å². The summed E-state index contributed by atoms with van der Waals surface area (Å²) in [6.45, 7) is 5.02. The number of ether oxygens (including phenoxy) is 2. The van der Waals surface area contributed by atoms with Crippen LogP contribution in [0.15, 0.2) is 23.1 Å². The van der Waals surface area contributed by atoms with Gasteiger partial charge in [0, 0.05) is 51.4 Å². The van der Waals surface area contributed by atoms with E-state index in [1.165, 1.54) is 20.3 Å². The predicted molar refractivity (Wildman–Crippen MR) is 91.2 cm³/mol. The third-order valence-electron chi connectivity index (χ3n) is 4.79. The number of benzene rings is 1. The molecule has 2 saturated heterocycles. The molecule has 0 amide bonds. The zero-order valence-electron chi connectivity index (χ0n) is 14.2. The summed E-state index contributed by atoms with van der Waals surface area (Å²) in [5.41, 5.74) is 0. The van der Waals surface area contributed by atoms with Crippen molar-refractivity contribution in [1.29, 1.82) is 0 Å². The topological polar surface area (TPSA) is 71.1 Å². The van der Waals surface area contributed by atoms with Crippen molar-refractivity contribution < 1.29 is 17.9 Å². The third kappa shape index (κ3) is 3.37. The Morgan fingerprint density at radius 2 is 1.79 bits per heavy atom. The molecule has 1 unspecified atom stereocenters. The van der Waals surface area contributed by atoms with Crippen molar-refractivity contribution in [3.63, 3.8) is 0 Å². The van der Waals surface area contributed by atoms with Gasteiger partial charge in [0.05, 0.1) is 19.1 Å². The standard InChI is InChI=1S/C16H25N3O4S/c1-22-15-4-3-14(11-16(15)23-2)24(20,21)19-8-5-13(12-19)18-9-6-17-7-10-18/h3-4,11,13,17H,5-10,12H2,1-2H3. The van der Waals surface area contributed by atoms with E-state index in [-0.39, 0.29) is 4.90 Å². The van der Waals surface area contributed by atoms with E-state index >= 15 is 0 Å². The number of sulfonamides is 1. The van der Waals surface area contributed by atoms with E-state index in [2.05, 4.69) is 10.2 Å². The van der Waals surface area contributed by atoms with Gasteiger partial charge in [0.1, 0.15) is 0 Å². The number of nitrogens with one attached hydrogen (secondary N) is 1. The molecule has 1 N–H and O–H groups in total. The number of methoxy groups -OCH3 is 2. The Balaban J connectivity index is 1.76. The minimum atomic E-state index is -3.51. The van der Waals surface area contributed by atoms with Gasteiger partial charge in [-0.3, -0.25) is 4.90 Å². The fraction of sp³-hybridized carbons (Fsp3) is 0.625. The normalized spacial score (nSPS) is 23.3. The first-order chi connectivity index (χ1) is 11.6. The molecule has 0 aliphatic carbocycles. The van der Waals surface area contributed by atoms with E-state index in [4.69, 9.17) is 9.47 Å². The van der Waals surface area contributed by atoms with Gasteiger partial charge in [0.15, 0.2) is 11.5 Å². The number of nitrogens with zero attached hydrogens (tertiary/aromatic N) is 2. The smallest absolute Gasteiger partial charge is 0.243 e. The zero-order valence-corrected chi connectivity index (χ0v) is 15.0. The zero-order chi connectivity index (χ0) is 17.2. The van der Waals surface area contributed by atoms with E-state index in [1.807, 2.05) is 0 Å². The lowest BCUT2D eigenvalue weighted by Gasteiger charge is -2.32. The molecule has 1 aromatic carbocycles. The Morgan fingerprint density at radius 3 is 2.46 bits per heavy atom. The van der Waals surface area contributed by atoms with Crippen molar-refractivity contribution in [2.24, 2.45) is 0 Å². The summed E-state index contributed by atoms with van der Waals surface area (Å²) in [5, 5.41) is 3.33. The van der Waals surface area contributed by atoms with Crippen molar-refractivity contribution in [2.75, 3.05) is 53.5 Å². The molecule has 8 heteroatoms. The monoisotopic (exact) mass is 355 g/mol. The summed E-state index contributed by atoms with van der Waals surface area (Å²) >= 11 is 0. The highest BCUT2D eigenvalue weighted by Crippen LogP contribution is 2.32. The van der Waals surface area contributed by atoms with Crippen LogP contribution in [-0.2, 0) is 10.0 Å². The average molecular weight is 355 g/mol.